The lowest BCUT2D eigenvalue weighted by Crippen LogP contribution is -2.15. The quantitative estimate of drug-likeness (QED) is 0.268. The minimum absolute atomic E-state index is 0.00347. The molecule has 0 fully saturated rings. The fourth-order valence-corrected chi connectivity index (χ4v) is 5.31. The predicted octanol–water partition coefficient (Wildman–Crippen LogP) is 11.4. The summed E-state index contributed by atoms with van der Waals surface area (Å²) in [6.07, 6.45) is 3.78. The van der Waals surface area contributed by atoms with Gasteiger partial charge in [-0.25, -0.2) is 9.97 Å². The maximum Gasteiger partial charge on any atom is 0.199 e. The van der Waals surface area contributed by atoms with Crippen LogP contribution < -0.4 is 0 Å². The van der Waals surface area contributed by atoms with E-state index in [1.165, 1.54) is 20.3 Å². The maximum absolute atomic E-state index is 5.44. The molecule has 0 aromatic carbocycles. The van der Waals surface area contributed by atoms with Crippen molar-refractivity contribution >= 4 is 22.7 Å². The Bertz CT molecular complexity index is 919. The summed E-state index contributed by atoms with van der Waals surface area (Å²) >= 11 is 3.72. The summed E-state index contributed by atoms with van der Waals surface area (Å²) < 4.78 is 5.44. The Morgan fingerprint density at radius 1 is 0.590 bits per heavy atom. The van der Waals surface area contributed by atoms with Gasteiger partial charge in [0, 0.05) is 32.2 Å². The molecular weight excluding hydrogens is 517 g/mol. The van der Waals surface area contributed by atoms with E-state index in [-0.39, 0.29) is 21.7 Å². The second kappa shape index (κ2) is 12.2. The van der Waals surface area contributed by atoms with E-state index in [0.717, 1.165) is 11.6 Å². The summed E-state index contributed by atoms with van der Waals surface area (Å²) in [7, 11) is 0. The maximum atomic E-state index is 5.44. The van der Waals surface area contributed by atoms with Gasteiger partial charge in [-0.3, -0.25) is 0 Å². The van der Waals surface area contributed by atoms with Crippen LogP contribution in [0, 0.1) is 0 Å². The van der Waals surface area contributed by atoms with Crippen LogP contribution in [0.1, 0.15) is 157 Å². The second-order valence-electron chi connectivity index (χ2n) is 16.8. The van der Waals surface area contributed by atoms with E-state index >= 15 is 0 Å². The molecule has 0 atom stereocenters. The lowest BCUT2D eigenvalue weighted by Gasteiger charge is -2.18. The van der Waals surface area contributed by atoms with Crippen LogP contribution in [0.3, 0.4) is 0 Å². The second-order valence-corrected chi connectivity index (χ2v) is 18.7. The number of hydrogen-bond donors (Lipinski definition) is 0. The van der Waals surface area contributed by atoms with E-state index in [1.807, 2.05) is 28.9 Å². The van der Waals surface area contributed by atoms with E-state index in [0.29, 0.717) is 10.8 Å². The van der Waals surface area contributed by atoms with Gasteiger partial charge in [-0.15, -0.1) is 22.7 Å². The number of thiophene rings is 1. The molecule has 0 aliphatic carbocycles. The fraction of sp³-hybridized carbons (Fsp3) is 0.706. The molecule has 0 unspecified atom stereocenters. The largest absolute Gasteiger partial charge is 0.448 e. The van der Waals surface area contributed by atoms with Crippen molar-refractivity contribution in [2.45, 2.75) is 157 Å². The average Bonchev–Trinajstić information content (AvgIpc) is 3.45. The highest BCUT2D eigenvalue weighted by Gasteiger charge is 2.25. The molecule has 3 heterocycles. The van der Waals surface area contributed by atoms with Gasteiger partial charge in [-0.05, 0) is 33.3 Å². The monoisotopic (exact) mass is 574 g/mol. The third kappa shape index (κ3) is 11.5. The third-order valence-electron chi connectivity index (χ3n) is 6.01. The smallest absolute Gasteiger partial charge is 0.199 e. The van der Waals surface area contributed by atoms with Gasteiger partial charge < -0.3 is 4.42 Å². The Balaban J connectivity index is 0.000000292. The number of rotatable bonds is 0. The number of thiazole rings is 1. The topological polar surface area (TPSA) is 38.9 Å². The van der Waals surface area contributed by atoms with Crippen LogP contribution in [0.5, 0.6) is 0 Å². The van der Waals surface area contributed by atoms with Crippen LogP contribution in [0.15, 0.2) is 28.3 Å². The molecule has 0 N–H and O–H groups in total. The molecule has 5 heteroatoms. The van der Waals surface area contributed by atoms with Crippen molar-refractivity contribution in [2.24, 2.45) is 0 Å². The van der Waals surface area contributed by atoms with Crippen LogP contribution in [0.4, 0.5) is 0 Å². The molecule has 0 amide bonds. The van der Waals surface area contributed by atoms with E-state index in [4.69, 9.17) is 4.42 Å². The van der Waals surface area contributed by atoms with Crippen molar-refractivity contribution in [3.8, 4) is 0 Å². The van der Waals surface area contributed by atoms with Gasteiger partial charge >= 0.3 is 0 Å². The molecule has 3 rings (SSSR count). The molecule has 0 aliphatic rings. The van der Waals surface area contributed by atoms with E-state index in [1.54, 1.807) is 6.26 Å². The van der Waals surface area contributed by atoms with Gasteiger partial charge in [0.25, 0.3) is 0 Å². The first-order valence-electron chi connectivity index (χ1n) is 14.2. The highest BCUT2D eigenvalue weighted by molar-refractivity contribution is 7.12. The van der Waals surface area contributed by atoms with Crippen molar-refractivity contribution in [1.82, 2.24) is 9.97 Å². The zero-order valence-corrected chi connectivity index (χ0v) is 30.1. The molecule has 222 valence electrons. The summed E-state index contributed by atoms with van der Waals surface area (Å²) in [5.74, 6) is 0.817. The lowest BCUT2D eigenvalue weighted by atomic mass is 9.87. The summed E-state index contributed by atoms with van der Waals surface area (Å²) in [4.78, 5) is 11.8. The minimum atomic E-state index is 0.00347. The van der Waals surface area contributed by atoms with Crippen molar-refractivity contribution in [3.05, 3.63) is 55.8 Å². The molecule has 0 bridgehead atoms. The van der Waals surface area contributed by atoms with Gasteiger partial charge in [0.05, 0.1) is 10.7 Å². The molecule has 0 spiro atoms. The van der Waals surface area contributed by atoms with Crippen LogP contribution in [-0.4, -0.2) is 9.97 Å². The Kier molecular flexibility index (Phi) is 11.1. The zero-order valence-electron chi connectivity index (χ0n) is 28.4. The fourth-order valence-electron chi connectivity index (χ4n) is 3.05. The van der Waals surface area contributed by atoms with Crippen molar-refractivity contribution < 1.29 is 4.42 Å². The first-order chi connectivity index (χ1) is 17.1. The molecule has 0 aliphatic heterocycles. The van der Waals surface area contributed by atoms with Crippen LogP contribution in [0.2, 0.25) is 0 Å². The van der Waals surface area contributed by atoms with Crippen LogP contribution in [-0.2, 0) is 32.5 Å². The lowest BCUT2D eigenvalue weighted by molar-refractivity contribution is 0.392. The predicted molar refractivity (Wildman–Crippen MR) is 175 cm³/mol. The van der Waals surface area contributed by atoms with Gasteiger partial charge in [0.2, 0.25) is 0 Å². The molecule has 39 heavy (non-hydrogen) atoms. The van der Waals surface area contributed by atoms with E-state index in [9.17, 15) is 0 Å². The summed E-state index contributed by atoms with van der Waals surface area (Å²) in [6.45, 7) is 39.6. The molecule has 0 saturated heterocycles. The van der Waals surface area contributed by atoms with Crippen molar-refractivity contribution in [2.75, 3.05) is 0 Å². The minimum Gasteiger partial charge on any atom is -0.448 e. The Morgan fingerprint density at radius 2 is 1.10 bits per heavy atom. The normalized spacial score (nSPS) is 13.4. The van der Waals surface area contributed by atoms with Crippen LogP contribution >= 0.6 is 22.7 Å². The zero-order chi connectivity index (χ0) is 30.8. The van der Waals surface area contributed by atoms with Crippen molar-refractivity contribution in [1.29, 1.82) is 0 Å². The first-order valence-corrected chi connectivity index (χ1v) is 15.9. The number of oxazole rings is 1. The SMILES string of the molecule is CC(C)(C)c1cnc(C(C)(C)C)s1.CC(C)(C)c1coc(C(C)(C)C)n1.CC(C)(C)c1csc(C(C)(C)C)c1. The van der Waals surface area contributed by atoms with Crippen molar-refractivity contribution in [3.63, 3.8) is 0 Å². The average molecular weight is 575 g/mol. The summed E-state index contributed by atoms with van der Waals surface area (Å²) in [5, 5.41) is 3.53. The summed E-state index contributed by atoms with van der Waals surface area (Å²) in [5.41, 5.74) is 3.58. The highest BCUT2D eigenvalue weighted by atomic mass is 32.1. The Morgan fingerprint density at radius 3 is 1.33 bits per heavy atom. The molecule has 3 aromatic heterocycles. The molecule has 0 radical (unpaired) electrons. The Hall–Kier alpha value is -1.46. The number of nitrogens with zero attached hydrogens (tertiary/aromatic N) is 2. The van der Waals surface area contributed by atoms with Gasteiger partial charge in [0.1, 0.15) is 6.26 Å². The molecule has 3 aromatic rings. The standard InChI is InChI=1S/C12H20S.C11H19NO.C11H19NS/c1-11(2,3)9-7-10(13-8-9)12(4,5)6;1-10(2,3)8-7-13-9(12-8)11(4,5)6;1-10(2,3)8-7-12-9(13-8)11(4,5)6/h7-8H,1-6H3;2*7H,1-6H3. The van der Waals surface area contributed by atoms with Gasteiger partial charge in [-0.1, -0.05) is 125 Å². The van der Waals surface area contributed by atoms with E-state index in [2.05, 4.69) is 146 Å². The summed E-state index contributed by atoms with van der Waals surface area (Å²) in [6, 6.07) is 2.35. The number of hydrogen-bond acceptors (Lipinski definition) is 5. The van der Waals surface area contributed by atoms with E-state index < -0.39 is 0 Å². The van der Waals surface area contributed by atoms with Crippen LogP contribution in [0.25, 0.3) is 0 Å². The molecule has 3 nitrogen and oxygen atoms in total. The first kappa shape index (κ1) is 35.6. The van der Waals surface area contributed by atoms with Gasteiger partial charge in [-0.2, -0.15) is 0 Å². The third-order valence-corrected chi connectivity index (χ3v) is 9.21. The van der Waals surface area contributed by atoms with Gasteiger partial charge in [0.15, 0.2) is 5.89 Å². The molecule has 0 saturated carbocycles. The highest BCUT2D eigenvalue weighted by Crippen LogP contribution is 2.34. The molecular formula is C34H58N2OS2. The Labute approximate surface area is 249 Å². The number of aromatic nitrogens is 2.